The number of carbonyl (C=O) groups excluding carboxylic acids is 1. The highest BCUT2D eigenvalue weighted by Crippen LogP contribution is 2.36. The fourth-order valence-electron chi connectivity index (χ4n) is 3.17. The van der Waals surface area contributed by atoms with Crippen LogP contribution in [0, 0.1) is 0 Å². The van der Waals surface area contributed by atoms with Gasteiger partial charge in [0.15, 0.2) is 0 Å². The summed E-state index contributed by atoms with van der Waals surface area (Å²) in [6, 6.07) is 9.46. The summed E-state index contributed by atoms with van der Waals surface area (Å²) in [5, 5.41) is 0.755. The van der Waals surface area contributed by atoms with Gasteiger partial charge in [-0.2, -0.15) is 0 Å². The van der Waals surface area contributed by atoms with Crippen molar-refractivity contribution in [1.29, 1.82) is 0 Å². The Kier molecular flexibility index (Phi) is 8.07. The number of nitrogens with zero attached hydrogens (tertiary/aromatic N) is 2. The lowest BCUT2D eigenvalue weighted by Crippen LogP contribution is -2.20. The highest BCUT2D eigenvalue weighted by Gasteiger charge is 2.24. The maximum Gasteiger partial charge on any atom is 0.340 e. The number of fused-ring (bicyclic) bond motifs is 1. The molecule has 6 nitrogen and oxygen atoms in total. The van der Waals surface area contributed by atoms with Gasteiger partial charge in [-0.15, -0.1) is 0 Å². The number of ether oxygens (including phenoxy) is 3. The van der Waals surface area contributed by atoms with Crippen LogP contribution < -0.4 is 9.47 Å². The van der Waals surface area contributed by atoms with Crippen molar-refractivity contribution >= 4 is 64.7 Å². The second-order valence-electron chi connectivity index (χ2n) is 7.19. The topological polar surface area (TPSA) is 52.9 Å². The summed E-state index contributed by atoms with van der Waals surface area (Å²) in [5.74, 6) is 0.938. The summed E-state index contributed by atoms with van der Waals surface area (Å²) in [4.78, 5) is 15.1. The van der Waals surface area contributed by atoms with Crippen molar-refractivity contribution in [2.45, 2.75) is 6.61 Å². The Labute approximate surface area is 206 Å². The van der Waals surface area contributed by atoms with E-state index in [0.29, 0.717) is 30.2 Å². The highest BCUT2D eigenvalue weighted by molar-refractivity contribution is 9.11. The van der Waals surface area contributed by atoms with Gasteiger partial charge < -0.3 is 23.7 Å². The molecule has 0 saturated carbocycles. The predicted molar refractivity (Wildman–Crippen MR) is 132 cm³/mol. The van der Waals surface area contributed by atoms with E-state index in [-0.39, 0.29) is 12.6 Å². The molecule has 0 N–H and O–H groups in total. The van der Waals surface area contributed by atoms with Gasteiger partial charge in [-0.25, -0.2) is 4.79 Å². The molecule has 166 valence electrons. The van der Waals surface area contributed by atoms with Crippen LogP contribution in [0.2, 0.25) is 0 Å². The largest absolute Gasteiger partial charge is 0.496 e. The molecule has 3 aromatic rings. The molecule has 9 heteroatoms. The van der Waals surface area contributed by atoms with Crippen molar-refractivity contribution in [1.82, 2.24) is 9.47 Å². The van der Waals surface area contributed by atoms with Crippen LogP contribution in [0.15, 0.2) is 43.7 Å². The molecule has 2 aromatic carbocycles. The molecule has 0 aliphatic carbocycles. The zero-order chi connectivity index (χ0) is 22.7. The number of hydrogen-bond donors (Lipinski definition) is 0. The van der Waals surface area contributed by atoms with Gasteiger partial charge >= 0.3 is 5.97 Å². The fourth-order valence-corrected chi connectivity index (χ4v) is 4.83. The average Bonchev–Trinajstić information content (AvgIpc) is 2.97. The van der Waals surface area contributed by atoms with Gasteiger partial charge in [0.05, 0.1) is 32.8 Å². The van der Waals surface area contributed by atoms with Crippen LogP contribution in [0.25, 0.3) is 10.9 Å². The number of methoxy groups -OCH3 is 1. The van der Waals surface area contributed by atoms with Crippen molar-refractivity contribution in [3.05, 3.63) is 55.0 Å². The molecule has 0 aliphatic heterocycles. The van der Waals surface area contributed by atoms with Crippen LogP contribution in [0.5, 0.6) is 11.5 Å². The maximum atomic E-state index is 13.1. The molecule has 1 aromatic heterocycles. The Morgan fingerprint density at radius 2 is 1.77 bits per heavy atom. The predicted octanol–water partition coefficient (Wildman–Crippen LogP) is 5.77. The third-order valence-corrected chi connectivity index (χ3v) is 6.56. The van der Waals surface area contributed by atoms with Crippen molar-refractivity contribution in [2.24, 2.45) is 7.05 Å². The second kappa shape index (κ2) is 10.4. The lowest BCUT2D eigenvalue weighted by atomic mass is 10.1. The van der Waals surface area contributed by atoms with E-state index in [1.165, 1.54) is 0 Å². The van der Waals surface area contributed by atoms with Gasteiger partial charge in [-0.1, -0.05) is 15.9 Å². The first kappa shape index (κ1) is 24.1. The SMILES string of the molecule is COc1cc2c(C(=O)OCCN(C)C)c(COc3ccc(Br)cc3Br)n(C)c2cc1Br. The van der Waals surface area contributed by atoms with Gasteiger partial charge in [0.2, 0.25) is 0 Å². The molecule has 3 rings (SSSR count). The molecule has 1 heterocycles. The number of carbonyl (C=O) groups is 1. The highest BCUT2D eigenvalue weighted by atomic mass is 79.9. The van der Waals surface area contributed by atoms with Crippen LogP contribution in [-0.2, 0) is 18.4 Å². The van der Waals surface area contributed by atoms with E-state index in [0.717, 1.165) is 30.0 Å². The number of esters is 1. The summed E-state index contributed by atoms with van der Waals surface area (Å²) < 4.78 is 21.6. The van der Waals surface area contributed by atoms with Crippen LogP contribution in [-0.4, -0.2) is 49.8 Å². The maximum absolute atomic E-state index is 13.1. The monoisotopic (exact) mass is 616 g/mol. The Morgan fingerprint density at radius 1 is 1.06 bits per heavy atom. The lowest BCUT2D eigenvalue weighted by molar-refractivity contribution is 0.0480. The smallest absolute Gasteiger partial charge is 0.340 e. The number of aryl methyl sites for hydroxylation is 1. The van der Waals surface area contributed by atoms with Crippen LogP contribution in [0.4, 0.5) is 0 Å². The van der Waals surface area contributed by atoms with Crippen molar-refractivity contribution in [3.63, 3.8) is 0 Å². The first-order chi connectivity index (χ1) is 14.7. The molecule has 0 unspecified atom stereocenters. The quantitative estimate of drug-likeness (QED) is 0.300. The minimum atomic E-state index is -0.384. The Bertz CT molecular complexity index is 1110. The molecular formula is C22H23Br3N2O4. The van der Waals surface area contributed by atoms with Gasteiger partial charge in [-0.05, 0) is 76.3 Å². The minimum Gasteiger partial charge on any atom is -0.496 e. The Morgan fingerprint density at radius 3 is 2.42 bits per heavy atom. The number of hydrogen-bond acceptors (Lipinski definition) is 5. The molecule has 31 heavy (non-hydrogen) atoms. The molecule has 0 saturated heterocycles. The first-order valence-corrected chi connectivity index (χ1v) is 11.8. The summed E-state index contributed by atoms with van der Waals surface area (Å²) in [6.45, 7) is 1.14. The van der Waals surface area contributed by atoms with Crippen molar-refractivity contribution < 1.29 is 19.0 Å². The summed E-state index contributed by atoms with van der Waals surface area (Å²) >= 11 is 10.5. The van der Waals surface area contributed by atoms with Crippen molar-refractivity contribution in [2.75, 3.05) is 34.4 Å². The van der Waals surface area contributed by atoms with Crippen LogP contribution in [0.1, 0.15) is 16.1 Å². The van der Waals surface area contributed by atoms with Crippen LogP contribution in [0.3, 0.4) is 0 Å². The third kappa shape index (κ3) is 5.45. The number of likely N-dealkylation sites (N-methyl/N-ethyl adjacent to an activating group) is 1. The van der Waals surface area contributed by atoms with Gasteiger partial charge in [0, 0.05) is 23.5 Å². The minimum absolute atomic E-state index is 0.198. The molecule has 0 radical (unpaired) electrons. The number of benzene rings is 2. The summed E-state index contributed by atoms with van der Waals surface area (Å²) in [5.41, 5.74) is 2.08. The first-order valence-electron chi connectivity index (χ1n) is 9.47. The Balaban J connectivity index is 2.03. The third-order valence-electron chi connectivity index (χ3n) is 4.83. The fraction of sp³-hybridized carbons (Fsp3) is 0.318. The Hall–Kier alpha value is -1.55. The number of rotatable bonds is 8. The standard InChI is InChI=1S/C22H23Br3N2O4/c1-26(2)7-8-30-22(28)21-14-10-20(29-4)16(25)11-17(14)27(3)18(21)12-31-19-6-5-13(23)9-15(19)24/h5-6,9-11H,7-8,12H2,1-4H3. The number of halogens is 3. The molecule has 0 fully saturated rings. The van der Waals surface area contributed by atoms with Gasteiger partial charge in [0.25, 0.3) is 0 Å². The molecule has 0 amide bonds. The van der Waals surface area contributed by atoms with Gasteiger partial charge in [-0.3, -0.25) is 0 Å². The number of aromatic nitrogens is 1. The zero-order valence-corrected chi connectivity index (χ0v) is 22.4. The van der Waals surface area contributed by atoms with Gasteiger partial charge in [0.1, 0.15) is 24.7 Å². The zero-order valence-electron chi connectivity index (χ0n) is 17.7. The van der Waals surface area contributed by atoms with E-state index in [1.54, 1.807) is 7.11 Å². The van der Waals surface area contributed by atoms with Crippen molar-refractivity contribution in [3.8, 4) is 11.5 Å². The second-order valence-corrected chi connectivity index (χ2v) is 9.81. The summed E-state index contributed by atoms with van der Waals surface area (Å²) in [6.07, 6.45) is 0. The summed E-state index contributed by atoms with van der Waals surface area (Å²) in [7, 11) is 7.37. The van der Waals surface area contributed by atoms with E-state index in [9.17, 15) is 4.79 Å². The molecule has 0 aliphatic rings. The van der Waals surface area contributed by atoms with E-state index in [1.807, 2.05) is 60.9 Å². The van der Waals surface area contributed by atoms with Crippen LogP contribution >= 0.6 is 47.8 Å². The van der Waals surface area contributed by atoms with E-state index in [4.69, 9.17) is 14.2 Å². The van der Waals surface area contributed by atoms with E-state index < -0.39 is 0 Å². The molecule has 0 bridgehead atoms. The molecule has 0 spiro atoms. The van der Waals surface area contributed by atoms with E-state index in [2.05, 4.69) is 47.8 Å². The molecular weight excluding hydrogens is 596 g/mol. The average molecular weight is 619 g/mol. The normalized spacial score (nSPS) is 11.2. The van der Waals surface area contributed by atoms with E-state index >= 15 is 0 Å². The lowest BCUT2D eigenvalue weighted by Gasteiger charge is -2.13. The molecule has 0 atom stereocenters.